The van der Waals surface area contributed by atoms with Crippen molar-refractivity contribution in [1.29, 1.82) is 0 Å². The van der Waals surface area contributed by atoms with Crippen molar-refractivity contribution in [1.82, 2.24) is 15.0 Å². The monoisotopic (exact) mass is 231 g/mol. The van der Waals surface area contributed by atoms with E-state index in [-0.39, 0.29) is 5.69 Å². The maximum absolute atomic E-state index is 10.9. The highest BCUT2D eigenvalue weighted by Gasteiger charge is 2.16. The van der Waals surface area contributed by atoms with E-state index >= 15 is 0 Å². The molecule has 0 saturated carbocycles. The molecule has 6 nitrogen and oxygen atoms in total. The number of furan rings is 1. The molecule has 0 unspecified atom stereocenters. The van der Waals surface area contributed by atoms with Gasteiger partial charge in [-0.3, -0.25) is 0 Å². The summed E-state index contributed by atoms with van der Waals surface area (Å²) in [5.74, 6) is -0.117. The molecule has 3 aromatic heterocycles. The van der Waals surface area contributed by atoms with Gasteiger partial charge in [-0.25, -0.2) is 9.78 Å². The number of aryl methyl sites for hydroxylation is 1. The minimum Gasteiger partial charge on any atom is -0.476 e. The molecule has 0 aliphatic rings. The first kappa shape index (κ1) is 9.71. The van der Waals surface area contributed by atoms with Crippen molar-refractivity contribution >= 4 is 17.1 Å². The average molecular weight is 231 g/mol. The van der Waals surface area contributed by atoms with E-state index in [4.69, 9.17) is 9.52 Å². The van der Waals surface area contributed by atoms with Crippen molar-refractivity contribution in [3.8, 4) is 11.6 Å². The third kappa shape index (κ3) is 1.42. The Bertz CT molecular complexity index is 676. The number of nitrogens with one attached hydrogen (secondary N) is 2. The molecule has 6 heteroatoms. The lowest BCUT2D eigenvalue weighted by Gasteiger charge is -1.87. The lowest BCUT2D eigenvalue weighted by molar-refractivity contribution is 0.0690. The van der Waals surface area contributed by atoms with Crippen LogP contribution in [0.15, 0.2) is 22.7 Å². The van der Waals surface area contributed by atoms with Crippen LogP contribution in [0.4, 0.5) is 0 Å². The lowest BCUT2D eigenvalue weighted by atomic mass is 10.3. The number of aromatic amines is 2. The van der Waals surface area contributed by atoms with E-state index in [9.17, 15) is 4.79 Å². The number of aromatic carboxylic acids is 1. The summed E-state index contributed by atoms with van der Waals surface area (Å²) in [6, 6.07) is 3.67. The highest BCUT2D eigenvalue weighted by Crippen LogP contribution is 2.25. The van der Waals surface area contributed by atoms with Gasteiger partial charge in [0.1, 0.15) is 0 Å². The zero-order valence-electron chi connectivity index (χ0n) is 8.94. The third-order valence-corrected chi connectivity index (χ3v) is 2.56. The Morgan fingerprint density at radius 1 is 1.53 bits per heavy atom. The molecule has 0 saturated heterocycles. The molecule has 17 heavy (non-hydrogen) atoms. The zero-order chi connectivity index (χ0) is 12.0. The first-order valence-corrected chi connectivity index (χ1v) is 5.02. The second-order valence-corrected chi connectivity index (χ2v) is 3.74. The van der Waals surface area contributed by atoms with Gasteiger partial charge in [-0.2, -0.15) is 0 Å². The molecule has 0 aliphatic carbocycles. The molecule has 3 N–H and O–H groups in total. The number of hydrogen-bond donors (Lipinski definition) is 3. The van der Waals surface area contributed by atoms with Crippen LogP contribution in [0.1, 0.15) is 16.2 Å². The van der Waals surface area contributed by atoms with E-state index in [0.717, 1.165) is 5.39 Å². The molecule has 0 atom stereocenters. The van der Waals surface area contributed by atoms with Gasteiger partial charge in [0.25, 0.3) is 0 Å². The SMILES string of the molecule is Cc1[nH]c(-c2cc3cc[nH]c3o2)nc1C(=O)O. The van der Waals surface area contributed by atoms with Gasteiger partial charge in [-0.15, -0.1) is 0 Å². The summed E-state index contributed by atoms with van der Waals surface area (Å²) in [7, 11) is 0. The van der Waals surface area contributed by atoms with Crippen LogP contribution in [0.2, 0.25) is 0 Å². The van der Waals surface area contributed by atoms with Crippen LogP contribution in [0, 0.1) is 6.92 Å². The Morgan fingerprint density at radius 2 is 2.35 bits per heavy atom. The summed E-state index contributed by atoms with van der Waals surface area (Å²) < 4.78 is 5.50. The van der Waals surface area contributed by atoms with Gasteiger partial charge >= 0.3 is 5.97 Å². The highest BCUT2D eigenvalue weighted by atomic mass is 16.4. The fourth-order valence-electron chi connectivity index (χ4n) is 1.75. The molecule has 0 amide bonds. The minimum absolute atomic E-state index is 0.0139. The smallest absolute Gasteiger partial charge is 0.356 e. The highest BCUT2D eigenvalue weighted by molar-refractivity contribution is 5.88. The maximum atomic E-state index is 10.9. The quantitative estimate of drug-likeness (QED) is 0.629. The third-order valence-electron chi connectivity index (χ3n) is 2.56. The minimum atomic E-state index is -1.05. The first-order chi connectivity index (χ1) is 8.15. The van der Waals surface area contributed by atoms with Crippen LogP contribution in [-0.2, 0) is 0 Å². The average Bonchev–Trinajstić information content (AvgIpc) is 2.88. The van der Waals surface area contributed by atoms with Gasteiger partial charge in [-0.1, -0.05) is 0 Å². The molecule has 3 heterocycles. The molecule has 0 fully saturated rings. The predicted octanol–water partition coefficient (Wildman–Crippen LogP) is 2.16. The molecule has 3 aromatic rings. The fourth-order valence-corrected chi connectivity index (χ4v) is 1.75. The van der Waals surface area contributed by atoms with E-state index < -0.39 is 5.97 Å². The molecular formula is C11H9N3O3. The number of hydrogen-bond acceptors (Lipinski definition) is 3. The molecule has 0 aromatic carbocycles. The van der Waals surface area contributed by atoms with Crippen LogP contribution < -0.4 is 0 Å². The Labute approximate surface area is 95.3 Å². The summed E-state index contributed by atoms with van der Waals surface area (Å²) >= 11 is 0. The number of nitrogens with zero attached hydrogens (tertiary/aromatic N) is 1. The molecule has 86 valence electrons. The van der Waals surface area contributed by atoms with Crippen LogP contribution in [0.25, 0.3) is 22.7 Å². The topological polar surface area (TPSA) is 94.9 Å². The Morgan fingerprint density at radius 3 is 3.00 bits per heavy atom. The summed E-state index contributed by atoms with van der Waals surface area (Å²) in [6.07, 6.45) is 1.77. The number of carbonyl (C=O) groups is 1. The zero-order valence-corrected chi connectivity index (χ0v) is 8.94. The number of imidazole rings is 1. The molecular weight excluding hydrogens is 222 g/mol. The summed E-state index contributed by atoms with van der Waals surface area (Å²) in [6.45, 7) is 1.66. The van der Waals surface area contributed by atoms with Gasteiger partial charge in [0.15, 0.2) is 17.3 Å². The number of rotatable bonds is 2. The Kier molecular flexibility index (Phi) is 1.85. The molecule has 0 bridgehead atoms. The van der Waals surface area contributed by atoms with E-state index in [1.54, 1.807) is 19.2 Å². The summed E-state index contributed by atoms with van der Waals surface area (Å²) in [5.41, 5.74) is 1.17. The molecule has 0 spiro atoms. The molecule has 3 rings (SSSR count). The van der Waals surface area contributed by atoms with Crippen molar-refractivity contribution in [2.75, 3.05) is 0 Å². The van der Waals surface area contributed by atoms with Crippen LogP contribution in [-0.4, -0.2) is 26.0 Å². The Hall–Kier alpha value is -2.50. The Balaban J connectivity index is 2.12. The van der Waals surface area contributed by atoms with Crippen LogP contribution >= 0.6 is 0 Å². The number of carboxylic acid groups (broad SMARTS) is 1. The van der Waals surface area contributed by atoms with Crippen LogP contribution in [0.5, 0.6) is 0 Å². The molecule has 0 radical (unpaired) electrons. The lowest BCUT2D eigenvalue weighted by Crippen LogP contribution is -1.98. The van der Waals surface area contributed by atoms with Crippen molar-refractivity contribution < 1.29 is 14.3 Å². The van der Waals surface area contributed by atoms with Crippen molar-refractivity contribution in [3.63, 3.8) is 0 Å². The maximum Gasteiger partial charge on any atom is 0.356 e. The largest absolute Gasteiger partial charge is 0.476 e. The van der Waals surface area contributed by atoms with Gasteiger partial charge in [-0.05, 0) is 19.1 Å². The first-order valence-electron chi connectivity index (χ1n) is 5.02. The van der Waals surface area contributed by atoms with Crippen molar-refractivity contribution in [2.24, 2.45) is 0 Å². The summed E-state index contributed by atoms with van der Waals surface area (Å²) in [4.78, 5) is 20.7. The van der Waals surface area contributed by atoms with E-state index in [0.29, 0.717) is 23.0 Å². The summed E-state index contributed by atoms with van der Waals surface area (Å²) in [5, 5.41) is 9.83. The second kappa shape index (κ2) is 3.24. The predicted molar refractivity (Wildman–Crippen MR) is 59.8 cm³/mol. The normalized spacial score (nSPS) is 11.1. The van der Waals surface area contributed by atoms with E-state index in [1.165, 1.54) is 0 Å². The standard InChI is InChI=1S/C11H9N3O3/c1-5-8(11(15)16)14-9(13-5)7-4-6-2-3-12-10(6)17-7/h2-4,12H,1H3,(H,13,14)(H,15,16). The van der Waals surface area contributed by atoms with Crippen LogP contribution in [0.3, 0.4) is 0 Å². The van der Waals surface area contributed by atoms with E-state index in [1.807, 2.05) is 6.07 Å². The molecule has 0 aliphatic heterocycles. The second-order valence-electron chi connectivity index (χ2n) is 3.74. The number of carboxylic acids is 1. The van der Waals surface area contributed by atoms with Gasteiger partial charge in [0.2, 0.25) is 5.71 Å². The van der Waals surface area contributed by atoms with Crippen molar-refractivity contribution in [2.45, 2.75) is 6.92 Å². The van der Waals surface area contributed by atoms with Gasteiger partial charge < -0.3 is 19.5 Å². The number of aromatic nitrogens is 3. The van der Waals surface area contributed by atoms with E-state index in [2.05, 4.69) is 15.0 Å². The number of fused-ring (bicyclic) bond motifs is 1. The fraction of sp³-hybridized carbons (Fsp3) is 0.0909. The van der Waals surface area contributed by atoms with Gasteiger partial charge in [0.05, 0.1) is 0 Å². The number of H-pyrrole nitrogens is 2. The van der Waals surface area contributed by atoms with Crippen molar-refractivity contribution in [3.05, 3.63) is 29.7 Å². The van der Waals surface area contributed by atoms with Gasteiger partial charge in [0, 0.05) is 17.3 Å².